The molecule has 1 saturated heterocycles. The van der Waals surface area contributed by atoms with E-state index in [1.165, 1.54) is 24.0 Å². The van der Waals surface area contributed by atoms with Crippen molar-refractivity contribution >= 4 is 30.7 Å². The minimum atomic E-state index is -0.213. The molecule has 0 aromatic heterocycles. The summed E-state index contributed by atoms with van der Waals surface area (Å²) in [6, 6.07) is 8.36. The zero-order chi connectivity index (χ0) is 17.4. The smallest absolute Gasteiger partial charge is 0.222 e. The van der Waals surface area contributed by atoms with Crippen molar-refractivity contribution in [2.75, 3.05) is 26.7 Å². The Hall–Kier alpha value is -0.850. The number of nitrogens with two attached hydrogens (primary N) is 1. The second-order valence-electron chi connectivity index (χ2n) is 6.83. The fourth-order valence-electron chi connectivity index (χ4n) is 3.29. The number of carbonyl (C=O) groups is 1. The van der Waals surface area contributed by atoms with E-state index in [1.807, 2.05) is 6.07 Å². The third kappa shape index (κ3) is 8.23. The Labute approximate surface area is 169 Å². The molecule has 0 bridgehead atoms. The molecule has 3 N–H and O–H groups in total. The molecule has 26 heavy (non-hydrogen) atoms. The van der Waals surface area contributed by atoms with E-state index in [1.54, 1.807) is 7.11 Å². The fourth-order valence-corrected chi connectivity index (χ4v) is 3.29. The number of hydrogen-bond donors (Lipinski definition) is 2. The van der Waals surface area contributed by atoms with Crippen molar-refractivity contribution in [2.24, 2.45) is 11.7 Å². The number of benzene rings is 1. The summed E-state index contributed by atoms with van der Waals surface area (Å²) >= 11 is 0. The topological polar surface area (TPSA) is 67.6 Å². The second-order valence-corrected chi connectivity index (χ2v) is 6.83. The molecule has 2 rings (SSSR count). The number of piperidine rings is 1. The first kappa shape index (κ1) is 25.1. The average molecular weight is 406 g/mol. The van der Waals surface area contributed by atoms with Crippen LogP contribution >= 0.6 is 24.8 Å². The lowest BCUT2D eigenvalue weighted by Crippen LogP contribution is -2.34. The average Bonchev–Trinajstić information content (AvgIpc) is 2.59. The van der Waals surface area contributed by atoms with Gasteiger partial charge in [-0.2, -0.15) is 0 Å². The summed E-state index contributed by atoms with van der Waals surface area (Å²) in [6.45, 7) is 6.51. The Morgan fingerprint density at radius 3 is 2.65 bits per heavy atom. The molecule has 1 aliphatic heterocycles. The van der Waals surface area contributed by atoms with Crippen molar-refractivity contribution in [1.82, 2.24) is 10.2 Å². The molecule has 1 aromatic carbocycles. The number of halogens is 2. The van der Waals surface area contributed by atoms with Crippen molar-refractivity contribution in [2.45, 2.75) is 45.4 Å². The lowest BCUT2D eigenvalue weighted by Gasteiger charge is -2.31. The molecule has 2 unspecified atom stereocenters. The van der Waals surface area contributed by atoms with E-state index < -0.39 is 0 Å². The summed E-state index contributed by atoms with van der Waals surface area (Å²) in [5.41, 5.74) is 8.05. The first-order chi connectivity index (χ1) is 11.6. The Kier molecular flexibility index (Phi) is 12.9. The Morgan fingerprint density at radius 1 is 1.35 bits per heavy atom. The van der Waals surface area contributed by atoms with Crippen LogP contribution < -0.4 is 11.1 Å². The zero-order valence-corrected chi connectivity index (χ0v) is 17.4. The molecule has 2 atom stereocenters. The van der Waals surface area contributed by atoms with E-state index in [4.69, 9.17) is 10.5 Å². The summed E-state index contributed by atoms with van der Waals surface area (Å²) in [7, 11) is 1.58. The highest BCUT2D eigenvalue weighted by Crippen LogP contribution is 2.19. The number of carbonyl (C=O) groups excluding carboxylic acids is 1. The van der Waals surface area contributed by atoms with Crippen LogP contribution in [0.2, 0.25) is 0 Å². The first-order valence-electron chi connectivity index (χ1n) is 8.91. The molecule has 7 heteroatoms. The summed E-state index contributed by atoms with van der Waals surface area (Å²) < 4.78 is 5.16. The van der Waals surface area contributed by atoms with Crippen molar-refractivity contribution in [3.63, 3.8) is 0 Å². The largest absolute Gasteiger partial charge is 0.380 e. The van der Waals surface area contributed by atoms with Crippen molar-refractivity contribution in [1.29, 1.82) is 0 Å². The van der Waals surface area contributed by atoms with E-state index in [0.29, 0.717) is 19.5 Å². The number of nitrogens with zero attached hydrogens (tertiary/aromatic N) is 1. The van der Waals surface area contributed by atoms with Crippen LogP contribution in [0.5, 0.6) is 0 Å². The SMILES string of the molecule is COC(CN)CC(=O)NCc1ccccc1CN1CCCC(C)C1.Cl.Cl. The summed E-state index contributed by atoms with van der Waals surface area (Å²) in [4.78, 5) is 14.5. The maximum Gasteiger partial charge on any atom is 0.222 e. The molecule has 1 aromatic rings. The van der Waals surface area contributed by atoms with Gasteiger partial charge in [-0.25, -0.2) is 0 Å². The molecule has 1 amide bonds. The van der Waals surface area contributed by atoms with Crippen LogP contribution in [-0.2, 0) is 22.6 Å². The van der Waals surface area contributed by atoms with Gasteiger partial charge in [0, 0.05) is 33.3 Å². The number of rotatable bonds is 8. The van der Waals surface area contributed by atoms with Gasteiger partial charge in [0.25, 0.3) is 0 Å². The van der Waals surface area contributed by atoms with Crippen LogP contribution in [0.25, 0.3) is 0 Å². The van der Waals surface area contributed by atoms with Gasteiger partial charge in [0.2, 0.25) is 5.91 Å². The van der Waals surface area contributed by atoms with E-state index in [-0.39, 0.29) is 36.8 Å². The molecule has 150 valence electrons. The number of nitrogens with one attached hydrogen (secondary N) is 1. The van der Waals surface area contributed by atoms with Crippen molar-refractivity contribution in [3.05, 3.63) is 35.4 Å². The highest BCUT2D eigenvalue weighted by Gasteiger charge is 2.17. The van der Waals surface area contributed by atoms with Gasteiger partial charge in [-0.15, -0.1) is 24.8 Å². The minimum absolute atomic E-state index is 0. The first-order valence-corrected chi connectivity index (χ1v) is 8.91. The second kappa shape index (κ2) is 13.3. The molecule has 1 aliphatic rings. The van der Waals surface area contributed by atoms with Crippen LogP contribution in [0.4, 0.5) is 0 Å². The minimum Gasteiger partial charge on any atom is -0.380 e. The Balaban J connectivity index is 0.00000312. The van der Waals surface area contributed by atoms with Crippen LogP contribution in [0, 0.1) is 5.92 Å². The third-order valence-electron chi connectivity index (χ3n) is 4.74. The molecular formula is C19H33Cl2N3O2. The normalized spacial score (nSPS) is 18.3. The number of amides is 1. The highest BCUT2D eigenvalue weighted by atomic mass is 35.5. The molecule has 0 saturated carbocycles. The number of ether oxygens (including phenoxy) is 1. The van der Waals surface area contributed by atoms with Crippen LogP contribution in [0.3, 0.4) is 0 Å². The van der Waals surface area contributed by atoms with Gasteiger partial charge < -0.3 is 15.8 Å². The van der Waals surface area contributed by atoms with Gasteiger partial charge in [-0.3, -0.25) is 9.69 Å². The van der Waals surface area contributed by atoms with Crippen LogP contribution in [0.1, 0.15) is 37.3 Å². The molecular weight excluding hydrogens is 373 g/mol. The third-order valence-corrected chi connectivity index (χ3v) is 4.74. The maximum absolute atomic E-state index is 12.0. The molecule has 5 nitrogen and oxygen atoms in total. The van der Waals surface area contributed by atoms with Crippen LogP contribution in [-0.4, -0.2) is 43.7 Å². The Morgan fingerprint density at radius 2 is 2.04 bits per heavy atom. The summed E-state index contributed by atoms with van der Waals surface area (Å²) in [5.74, 6) is 0.751. The standard InChI is InChI=1S/C19H31N3O2.2ClH/c1-15-6-5-9-22(13-15)14-17-8-4-3-7-16(17)12-21-19(23)10-18(11-20)24-2;;/h3-4,7-8,15,18H,5-6,9-14,20H2,1-2H3,(H,21,23);2*1H. The van der Waals surface area contributed by atoms with Gasteiger partial charge >= 0.3 is 0 Å². The number of hydrogen-bond acceptors (Lipinski definition) is 4. The van der Waals surface area contributed by atoms with Gasteiger partial charge in [0.1, 0.15) is 0 Å². The molecule has 1 fully saturated rings. The fraction of sp³-hybridized carbons (Fsp3) is 0.632. The highest BCUT2D eigenvalue weighted by molar-refractivity contribution is 5.85. The molecule has 0 radical (unpaired) electrons. The van der Waals surface area contributed by atoms with Gasteiger partial charge in [-0.1, -0.05) is 31.2 Å². The maximum atomic E-state index is 12.0. The number of methoxy groups -OCH3 is 1. The molecule has 1 heterocycles. The Bertz CT molecular complexity index is 527. The lowest BCUT2D eigenvalue weighted by molar-refractivity contribution is -0.123. The van der Waals surface area contributed by atoms with E-state index in [2.05, 4.69) is 35.3 Å². The molecule has 0 spiro atoms. The van der Waals surface area contributed by atoms with Crippen molar-refractivity contribution in [3.8, 4) is 0 Å². The lowest BCUT2D eigenvalue weighted by atomic mass is 9.99. The van der Waals surface area contributed by atoms with E-state index in [0.717, 1.165) is 25.6 Å². The molecule has 0 aliphatic carbocycles. The van der Waals surface area contributed by atoms with Gasteiger partial charge in [0.15, 0.2) is 0 Å². The van der Waals surface area contributed by atoms with Crippen molar-refractivity contribution < 1.29 is 9.53 Å². The number of likely N-dealkylation sites (tertiary alicyclic amines) is 1. The summed E-state index contributed by atoms with van der Waals surface area (Å²) in [6.07, 6.45) is 2.70. The van der Waals surface area contributed by atoms with E-state index in [9.17, 15) is 4.79 Å². The predicted molar refractivity (Wildman–Crippen MR) is 111 cm³/mol. The monoisotopic (exact) mass is 405 g/mol. The van der Waals surface area contributed by atoms with Gasteiger partial charge in [0.05, 0.1) is 12.5 Å². The van der Waals surface area contributed by atoms with Gasteiger partial charge in [-0.05, 0) is 36.4 Å². The predicted octanol–water partition coefficient (Wildman–Crippen LogP) is 2.74. The van der Waals surface area contributed by atoms with E-state index >= 15 is 0 Å². The zero-order valence-electron chi connectivity index (χ0n) is 15.8. The quantitative estimate of drug-likeness (QED) is 0.697. The van der Waals surface area contributed by atoms with Crippen LogP contribution in [0.15, 0.2) is 24.3 Å². The summed E-state index contributed by atoms with van der Waals surface area (Å²) in [5, 5.41) is 2.99.